The van der Waals surface area contributed by atoms with Gasteiger partial charge in [-0.05, 0) is 42.3 Å². The average Bonchev–Trinajstić information content (AvgIpc) is 2.96. The average molecular weight is 347 g/mol. The lowest BCUT2D eigenvalue weighted by atomic mass is 10.1. The highest BCUT2D eigenvalue weighted by molar-refractivity contribution is 6.31. The second-order valence-corrected chi connectivity index (χ2v) is 6.01. The second-order valence-electron chi connectivity index (χ2n) is 5.60. The number of halogens is 2. The van der Waals surface area contributed by atoms with Gasteiger partial charge >= 0.3 is 0 Å². The van der Waals surface area contributed by atoms with Crippen LogP contribution in [0.3, 0.4) is 0 Å². The highest BCUT2D eigenvalue weighted by atomic mass is 35.5. The number of amides is 2. The first kappa shape index (κ1) is 16.5. The number of carbonyl (C=O) groups is 2. The Morgan fingerprint density at radius 2 is 1.92 bits per heavy atom. The Bertz CT molecular complexity index is 764. The van der Waals surface area contributed by atoms with E-state index in [4.69, 9.17) is 11.6 Å². The zero-order chi connectivity index (χ0) is 17.1. The van der Waals surface area contributed by atoms with E-state index in [1.807, 2.05) is 18.2 Å². The van der Waals surface area contributed by atoms with Crippen LogP contribution >= 0.6 is 11.6 Å². The molecule has 0 aromatic heterocycles. The highest BCUT2D eigenvalue weighted by Gasteiger charge is 2.36. The number of carbonyl (C=O) groups excluding carboxylic acids is 2. The van der Waals surface area contributed by atoms with E-state index in [1.54, 1.807) is 6.07 Å². The van der Waals surface area contributed by atoms with Gasteiger partial charge in [0.05, 0.1) is 0 Å². The van der Waals surface area contributed by atoms with Crippen molar-refractivity contribution in [2.75, 3.05) is 4.90 Å². The number of nitrogens with one attached hydrogen (secondary N) is 1. The fourth-order valence-corrected chi connectivity index (χ4v) is 3.00. The van der Waals surface area contributed by atoms with Crippen LogP contribution in [0, 0.1) is 5.82 Å². The minimum atomic E-state index is -0.592. The van der Waals surface area contributed by atoms with Gasteiger partial charge in [-0.3, -0.25) is 14.5 Å². The number of hydrogen-bond acceptors (Lipinski definition) is 2. The number of benzene rings is 2. The maximum Gasteiger partial charge on any atom is 0.243 e. The van der Waals surface area contributed by atoms with Crippen molar-refractivity contribution in [1.29, 1.82) is 0 Å². The largest absolute Gasteiger partial charge is 0.350 e. The summed E-state index contributed by atoms with van der Waals surface area (Å²) in [4.78, 5) is 26.1. The van der Waals surface area contributed by atoms with Gasteiger partial charge in [0.25, 0.3) is 0 Å². The molecule has 3 rings (SSSR count). The molecule has 0 saturated carbocycles. The molecule has 1 saturated heterocycles. The number of nitrogens with zero attached hydrogens (tertiary/aromatic N) is 1. The van der Waals surface area contributed by atoms with E-state index < -0.39 is 6.04 Å². The lowest BCUT2D eigenvalue weighted by molar-refractivity contribution is -0.124. The van der Waals surface area contributed by atoms with Crippen LogP contribution in [-0.4, -0.2) is 17.9 Å². The second kappa shape index (κ2) is 7.01. The Kier molecular flexibility index (Phi) is 4.81. The quantitative estimate of drug-likeness (QED) is 0.923. The van der Waals surface area contributed by atoms with E-state index in [0.717, 1.165) is 5.56 Å². The van der Waals surface area contributed by atoms with Crippen molar-refractivity contribution in [3.8, 4) is 0 Å². The summed E-state index contributed by atoms with van der Waals surface area (Å²) in [6.07, 6.45) is 0.728. The zero-order valence-corrected chi connectivity index (χ0v) is 13.6. The van der Waals surface area contributed by atoms with Gasteiger partial charge in [0.2, 0.25) is 11.8 Å². The Balaban J connectivity index is 1.72. The van der Waals surface area contributed by atoms with Crippen LogP contribution in [-0.2, 0) is 16.1 Å². The standard InChI is InChI=1S/C18H16ClFN2O2/c19-15-4-2-1-3-12(15)11-21-18(24)16-9-10-17(23)22(16)14-7-5-13(20)6-8-14/h1-8,16H,9-11H2,(H,21,24). The first-order chi connectivity index (χ1) is 11.6. The molecular weight excluding hydrogens is 331 g/mol. The van der Waals surface area contributed by atoms with E-state index in [0.29, 0.717) is 30.1 Å². The zero-order valence-electron chi connectivity index (χ0n) is 12.8. The van der Waals surface area contributed by atoms with Crippen molar-refractivity contribution in [2.24, 2.45) is 0 Å². The van der Waals surface area contributed by atoms with Gasteiger partial charge in [-0.15, -0.1) is 0 Å². The van der Waals surface area contributed by atoms with Crippen molar-refractivity contribution in [3.63, 3.8) is 0 Å². The molecule has 124 valence electrons. The maximum absolute atomic E-state index is 13.1. The lowest BCUT2D eigenvalue weighted by Gasteiger charge is -2.24. The Morgan fingerprint density at radius 1 is 1.21 bits per heavy atom. The molecule has 2 aromatic rings. The topological polar surface area (TPSA) is 49.4 Å². The summed E-state index contributed by atoms with van der Waals surface area (Å²) in [5.74, 6) is -0.769. The molecule has 1 unspecified atom stereocenters. The third kappa shape index (κ3) is 3.41. The van der Waals surface area contributed by atoms with Gasteiger partial charge in [0.15, 0.2) is 0 Å². The normalized spacial score (nSPS) is 17.2. The molecular formula is C18H16ClFN2O2. The van der Waals surface area contributed by atoms with Gasteiger partial charge in [-0.25, -0.2) is 4.39 Å². The molecule has 1 aliphatic rings. The van der Waals surface area contributed by atoms with Crippen LogP contribution in [0.4, 0.5) is 10.1 Å². The van der Waals surface area contributed by atoms with E-state index >= 15 is 0 Å². The van der Waals surface area contributed by atoms with Crippen LogP contribution < -0.4 is 10.2 Å². The third-order valence-electron chi connectivity index (χ3n) is 4.03. The predicted octanol–water partition coefficient (Wildman–Crippen LogP) is 3.29. The highest BCUT2D eigenvalue weighted by Crippen LogP contribution is 2.27. The summed E-state index contributed by atoms with van der Waals surface area (Å²) in [6, 6.07) is 12.2. The summed E-state index contributed by atoms with van der Waals surface area (Å²) in [7, 11) is 0. The Hall–Kier alpha value is -2.40. The molecule has 0 spiro atoms. The van der Waals surface area contributed by atoms with Crippen molar-refractivity contribution in [2.45, 2.75) is 25.4 Å². The SMILES string of the molecule is O=C(NCc1ccccc1Cl)C1CCC(=O)N1c1ccc(F)cc1. The molecule has 0 radical (unpaired) electrons. The van der Waals surface area contributed by atoms with Gasteiger partial charge < -0.3 is 5.32 Å². The molecule has 1 aliphatic heterocycles. The summed E-state index contributed by atoms with van der Waals surface area (Å²) in [5, 5.41) is 3.40. The smallest absolute Gasteiger partial charge is 0.243 e. The van der Waals surface area contributed by atoms with Crippen LogP contribution in [0.2, 0.25) is 5.02 Å². The summed E-state index contributed by atoms with van der Waals surface area (Å²) < 4.78 is 13.1. The molecule has 6 heteroatoms. The summed E-state index contributed by atoms with van der Waals surface area (Å²) in [5.41, 5.74) is 1.34. The van der Waals surface area contributed by atoms with E-state index in [2.05, 4.69) is 5.32 Å². The lowest BCUT2D eigenvalue weighted by Crippen LogP contribution is -2.44. The van der Waals surface area contributed by atoms with E-state index in [-0.39, 0.29) is 17.6 Å². The minimum absolute atomic E-state index is 0.139. The fraction of sp³-hybridized carbons (Fsp3) is 0.222. The van der Waals surface area contributed by atoms with Crippen molar-refractivity contribution in [3.05, 3.63) is 64.9 Å². The molecule has 0 aliphatic carbocycles. The molecule has 1 N–H and O–H groups in total. The van der Waals surface area contributed by atoms with Gasteiger partial charge in [-0.1, -0.05) is 29.8 Å². The molecule has 1 atom stereocenters. The first-order valence-corrected chi connectivity index (χ1v) is 8.03. The molecule has 1 fully saturated rings. The van der Waals surface area contributed by atoms with Crippen LogP contribution in [0.1, 0.15) is 18.4 Å². The number of anilines is 1. The molecule has 2 amide bonds. The summed E-state index contributed by atoms with van der Waals surface area (Å²) >= 11 is 6.08. The van der Waals surface area contributed by atoms with Gasteiger partial charge in [-0.2, -0.15) is 0 Å². The predicted molar refractivity (Wildman–Crippen MR) is 90.2 cm³/mol. The number of rotatable bonds is 4. The maximum atomic E-state index is 13.1. The van der Waals surface area contributed by atoms with Gasteiger partial charge in [0.1, 0.15) is 11.9 Å². The van der Waals surface area contributed by atoms with Crippen LogP contribution in [0.15, 0.2) is 48.5 Å². The monoisotopic (exact) mass is 346 g/mol. The van der Waals surface area contributed by atoms with E-state index in [9.17, 15) is 14.0 Å². The number of hydrogen-bond donors (Lipinski definition) is 1. The Morgan fingerprint density at radius 3 is 2.62 bits per heavy atom. The fourth-order valence-electron chi connectivity index (χ4n) is 2.80. The molecule has 2 aromatic carbocycles. The van der Waals surface area contributed by atoms with E-state index in [1.165, 1.54) is 29.2 Å². The molecule has 4 nitrogen and oxygen atoms in total. The van der Waals surface area contributed by atoms with Crippen LogP contribution in [0.5, 0.6) is 0 Å². The minimum Gasteiger partial charge on any atom is -0.350 e. The Labute approximate surface area is 144 Å². The van der Waals surface area contributed by atoms with Crippen molar-refractivity contribution >= 4 is 29.1 Å². The van der Waals surface area contributed by atoms with Gasteiger partial charge in [0, 0.05) is 23.7 Å². The van der Waals surface area contributed by atoms with Crippen LogP contribution in [0.25, 0.3) is 0 Å². The summed E-state index contributed by atoms with van der Waals surface area (Å²) in [6.45, 7) is 0.292. The third-order valence-corrected chi connectivity index (χ3v) is 4.40. The molecule has 1 heterocycles. The van der Waals surface area contributed by atoms with Crippen molar-refractivity contribution < 1.29 is 14.0 Å². The van der Waals surface area contributed by atoms with Crippen molar-refractivity contribution in [1.82, 2.24) is 5.32 Å². The molecule has 0 bridgehead atoms. The molecule has 24 heavy (non-hydrogen) atoms. The first-order valence-electron chi connectivity index (χ1n) is 7.65.